The van der Waals surface area contributed by atoms with Crippen molar-refractivity contribution in [1.82, 2.24) is 10.2 Å². The molecule has 1 aliphatic carbocycles. The summed E-state index contributed by atoms with van der Waals surface area (Å²) in [5.74, 6) is 1.18. The molecule has 1 fully saturated rings. The van der Waals surface area contributed by atoms with Crippen LogP contribution in [0.1, 0.15) is 12.8 Å². The molecule has 0 aromatic carbocycles. The monoisotopic (exact) mass is 274 g/mol. The lowest BCUT2D eigenvalue weighted by Crippen LogP contribution is -2.48. The Balaban J connectivity index is 1.92. The minimum absolute atomic E-state index is 0.0456. The number of rotatable bonds is 6. The van der Waals surface area contributed by atoms with Gasteiger partial charge in [0.15, 0.2) is 4.34 Å². The number of hydrogen-bond acceptors (Lipinski definition) is 7. The maximum atomic E-state index is 9.39. The summed E-state index contributed by atoms with van der Waals surface area (Å²) >= 11 is 3.15. The molecule has 7 heteroatoms. The summed E-state index contributed by atoms with van der Waals surface area (Å²) in [6.45, 7) is 0.0456. The number of nitrogens with two attached hydrogens (primary N) is 1. The molecule has 1 saturated carbocycles. The van der Waals surface area contributed by atoms with Crippen LogP contribution in [0.5, 0.6) is 0 Å². The molecule has 0 bridgehead atoms. The van der Waals surface area contributed by atoms with E-state index in [0.29, 0.717) is 11.7 Å². The van der Waals surface area contributed by atoms with Crippen LogP contribution in [-0.4, -0.2) is 47.3 Å². The summed E-state index contributed by atoms with van der Waals surface area (Å²) in [5, 5.41) is 18.5. The van der Waals surface area contributed by atoms with Crippen LogP contribution in [0.3, 0.4) is 0 Å². The first kappa shape index (κ1) is 13.1. The molecule has 1 atom stereocenters. The van der Waals surface area contributed by atoms with Gasteiger partial charge in [0.1, 0.15) is 0 Å². The van der Waals surface area contributed by atoms with E-state index in [9.17, 15) is 5.11 Å². The summed E-state index contributed by atoms with van der Waals surface area (Å²) in [7, 11) is 3.89. The third-order valence-electron chi connectivity index (χ3n) is 2.93. The summed E-state index contributed by atoms with van der Waals surface area (Å²) in [6.07, 6.45) is 2.27. The Morgan fingerprint density at radius 1 is 1.53 bits per heavy atom. The smallest absolute Gasteiger partial charge is 0.208 e. The van der Waals surface area contributed by atoms with Crippen LogP contribution in [-0.2, 0) is 0 Å². The van der Waals surface area contributed by atoms with Crippen molar-refractivity contribution < 1.29 is 5.11 Å². The average molecular weight is 274 g/mol. The number of aromatic nitrogens is 2. The highest BCUT2D eigenvalue weighted by atomic mass is 32.2. The van der Waals surface area contributed by atoms with Gasteiger partial charge in [0.05, 0.1) is 12.1 Å². The number of aliphatic hydroxyl groups is 1. The van der Waals surface area contributed by atoms with E-state index in [-0.39, 0.29) is 6.61 Å². The maximum Gasteiger partial charge on any atom is 0.208 e. The number of thioether (sulfide) groups is 1. The molecular formula is C10H18N4OS2. The molecule has 0 amide bonds. The second kappa shape index (κ2) is 5.09. The van der Waals surface area contributed by atoms with Crippen molar-refractivity contribution in [1.29, 1.82) is 0 Å². The molecule has 0 saturated heterocycles. The Hall–Kier alpha value is -0.370. The first-order chi connectivity index (χ1) is 8.05. The average Bonchev–Trinajstić information content (AvgIpc) is 3.05. The van der Waals surface area contributed by atoms with Crippen LogP contribution in [0.2, 0.25) is 0 Å². The Bertz CT molecular complexity index is 380. The molecule has 1 aromatic rings. The predicted octanol–water partition coefficient (Wildman–Crippen LogP) is 0.796. The van der Waals surface area contributed by atoms with Gasteiger partial charge < -0.3 is 15.7 Å². The van der Waals surface area contributed by atoms with Gasteiger partial charge in [-0.2, -0.15) is 0 Å². The van der Waals surface area contributed by atoms with E-state index >= 15 is 0 Å². The molecular weight excluding hydrogens is 256 g/mol. The third-order valence-corrected chi connectivity index (χ3v) is 5.43. The second-order valence-electron chi connectivity index (χ2n) is 4.70. The van der Waals surface area contributed by atoms with E-state index < -0.39 is 5.54 Å². The Labute approximate surface area is 109 Å². The lowest BCUT2D eigenvalue weighted by atomic mass is 9.99. The standard InChI is InChI=1S/C10H18N4OS2/c1-14(2)8-12-13-9(17-8)16-6-10(11,5-15)7-3-4-7/h7,15H,3-6,11H2,1-2H3. The van der Waals surface area contributed by atoms with Gasteiger partial charge >= 0.3 is 0 Å². The highest BCUT2D eigenvalue weighted by Gasteiger charge is 2.41. The van der Waals surface area contributed by atoms with Crippen LogP contribution in [0.15, 0.2) is 4.34 Å². The fourth-order valence-corrected chi connectivity index (χ4v) is 3.54. The lowest BCUT2D eigenvalue weighted by molar-refractivity contribution is 0.194. The Kier molecular flexibility index (Phi) is 3.92. The molecule has 1 heterocycles. The normalized spacial score (nSPS) is 19.1. The number of aliphatic hydroxyl groups excluding tert-OH is 1. The van der Waals surface area contributed by atoms with Crippen LogP contribution in [0.4, 0.5) is 5.13 Å². The maximum absolute atomic E-state index is 9.39. The van der Waals surface area contributed by atoms with E-state index in [1.54, 1.807) is 23.1 Å². The van der Waals surface area contributed by atoms with Crippen molar-refractivity contribution in [2.24, 2.45) is 11.7 Å². The SMILES string of the molecule is CN(C)c1nnc(SCC(N)(CO)C2CC2)s1. The molecule has 17 heavy (non-hydrogen) atoms. The Morgan fingerprint density at radius 3 is 2.71 bits per heavy atom. The third kappa shape index (κ3) is 3.09. The molecule has 96 valence electrons. The quantitative estimate of drug-likeness (QED) is 0.747. The number of nitrogens with zero attached hydrogens (tertiary/aromatic N) is 3. The summed E-state index contributed by atoms with van der Waals surface area (Å²) in [5.41, 5.74) is 5.74. The molecule has 1 aromatic heterocycles. The molecule has 1 aliphatic rings. The summed E-state index contributed by atoms with van der Waals surface area (Å²) in [4.78, 5) is 1.93. The summed E-state index contributed by atoms with van der Waals surface area (Å²) in [6, 6.07) is 0. The van der Waals surface area contributed by atoms with E-state index in [4.69, 9.17) is 5.73 Å². The van der Waals surface area contributed by atoms with Crippen LogP contribution in [0, 0.1) is 5.92 Å². The number of anilines is 1. The van der Waals surface area contributed by atoms with Crippen molar-refractivity contribution >= 4 is 28.2 Å². The predicted molar refractivity (Wildman–Crippen MR) is 71.7 cm³/mol. The minimum Gasteiger partial charge on any atom is -0.394 e. The highest BCUT2D eigenvalue weighted by Crippen LogP contribution is 2.41. The van der Waals surface area contributed by atoms with Crippen molar-refractivity contribution in [3.63, 3.8) is 0 Å². The minimum atomic E-state index is -0.450. The van der Waals surface area contributed by atoms with Crippen LogP contribution in [0.25, 0.3) is 0 Å². The zero-order valence-corrected chi connectivity index (χ0v) is 11.7. The second-order valence-corrected chi connectivity index (χ2v) is 6.88. The van der Waals surface area contributed by atoms with Gasteiger partial charge in [-0.1, -0.05) is 23.1 Å². The molecule has 5 nitrogen and oxygen atoms in total. The zero-order valence-electron chi connectivity index (χ0n) is 10.1. The Morgan fingerprint density at radius 2 is 2.24 bits per heavy atom. The van der Waals surface area contributed by atoms with Gasteiger partial charge in [-0.25, -0.2) is 0 Å². The van der Waals surface area contributed by atoms with Crippen molar-refractivity contribution in [3.05, 3.63) is 0 Å². The molecule has 2 rings (SSSR count). The zero-order chi connectivity index (χ0) is 12.5. The van der Waals surface area contributed by atoms with E-state index in [2.05, 4.69) is 10.2 Å². The molecule has 0 spiro atoms. The molecule has 3 N–H and O–H groups in total. The van der Waals surface area contributed by atoms with E-state index in [1.165, 1.54) is 0 Å². The first-order valence-electron chi connectivity index (χ1n) is 5.58. The van der Waals surface area contributed by atoms with Gasteiger partial charge in [0.25, 0.3) is 0 Å². The first-order valence-corrected chi connectivity index (χ1v) is 7.39. The van der Waals surface area contributed by atoms with E-state index in [0.717, 1.165) is 22.3 Å². The van der Waals surface area contributed by atoms with E-state index in [1.807, 2.05) is 19.0 Å². The van der Waals surface area contributed by atoms with Crippen molar-refractivity contribution in [2.75, 3.05) is 31.4 Å². The molecule has 1 unspecified atom stereocenters. The molecule has 0 aliphatic heterocycles. The van der Waals surface area contributed by atoms with Crippen molar-refractivity contribution in [3.8, 4) is 0 Å². The number of hydrogen-bond donors (Lipinski definition) is 2. The fourth-order valence-electron chi connectivity index (χ4n) is 1.59. The van der Waals surface area contributed by atoms with Gasteiger partial charge in [0.2, 0.25) is 5.13 Å². The van der Waals surface area contributed by atoms with Gasteiger partial charge in [-0.3, -0.25) is 0 Å². The highest BCUT2D eigenvalue weighted by molar-refractivity contribution is 8.01. The lowest BCUT2D eigenvalue weighted by Gasteiger charge is -2.25. The fraction of sp³-hybridized carbons (Fsp3) is 0.800. The van der Waals surface area contributed by atoms with Crippen LogP contribution >= 0.6 is 23.1 Å². The topological polar surface area (TPSA) is 75.3 Å². The van der Waals surface area contributed by atoms with Crippen molar-refractivity contribution in [2.45, 2.75) is 22.7 Å². The molecule has 0 radical (unpaired) electrons. The van der Waals surface area contributed by atoms with Gasteiger partial charge in [0, 0.05) is 19.8 Å². The largest absolute Gasteiger partial charge is 0.394 e. The van der Waals surface area contributed by atoms with Gasteiger partial charge in [-0.05, 0) is 18.8 Å². The van der Waals surface area contributed by atoms with Crippen LogP contribution < -0.4 is 10.6 Å². The summed E-state index contributed by atoms with van der Waals surface area (Å²) < 4.78 is 0.914. The van der Waals surface area contributed by atoms with Gasteiger partial charge in [-0.15, -0.1) is 10.2 Å².